The minimum atomic E-state index is 0.124. The molecular weight excluding hydrogens is 266 g/mol. The number of methoxy groups -OCH3 is 1. The number of ether oxygens (including phenoxy) is 2. The lowest BCUT2D eigenvalue weighted by atomic mass is 10.1. The maximum Gasteiger partial charge on any atom is 0.161 e. The van der Waals surface area contributed by atoms with E-state index in [4.69, 9.17) is 15.2 Å². The Morgan fingerprint density at radius 1 is 1.29 bits per heavy atom. The summed E-state index contributed by atoms with van der Waals surface area (Å²) >= 11 is 0. The molecule has 0 amide bonds. The minimum absolute atomic E-state index is 0.124. The van der Waals surface area contributed by atoms with E-state index >= 15 is 0 Å². The Kier molecular flexibility index (Phi) is 4.85. The summed E-state index contributed by atoms with van der Waals surface area (Å²) < 4.78 is 13.1. The summed E-state index contributed by atoms with van der Waals surface area (Å²) in [7, 11) is 3.56. The van der Waals surface area contributed by atoms with Gasteiger partial charge in [-0.1, -0.05) is 6.07 Å². The Morgan fingerprint density at radius 2 is 2.05 bits per heavy atom. The van der Waals surface area contributed by atoms with Crippen molar-refractivity contribution in [3.8, 4) is 11.5 Å². The van der Waals surface area contributed by atoms with Crippen LogP contribution in [0, 0.1) is 6.92 Å². The first-order valence-corrected chi connectivity index (χ1v) is 7.04. The second kappa shape index (κ2) is 6.63. The topological polar surface area (TPSA) is 62.3 Å². The molecule has 0 bridgehead atoms. The van der Waals surface area contributed by atoms with Crippen LogP contribution >= 0.6 is 0 Å². The molecular formula is C16H23N3O2. The average Bonchev–Trinajstić information content (AvgIpc) is 2.74. The molecule has 5 heteroatoms. The van der Waals surface area contributed by atoms with Crippen molar-refractivity contribution in [3.05, 3.63) is 41.2 Å². The van der Waals surface area contributed by atoms with E-state index in [0.717, 1.165) is 34.9 Å². The molecule has 0 spiro atoms. The maximum absolute atomic E-state index is 5.85. The molecule has 114 valence electrons. The highest BCUT2D eigenvalue weighted by Gasteiger charge is 2.09. The van der Waals surface area contributed by atoms with Gasteiger partial charge in [-0.3, -0.25) is 4.68 Å². The van der Waals surface area contributed by atoms with Crippen molar-refractivity contribution in [2.75, 3.05) is 7.11 Å². The molecule has 2 N–H and O–H groups in total. The summed E-state index contributed by atoms with van der Waals surface area (Å²) in [6, 6.07) is 8.07. The van der Waals surface area contributed by atoms with Crippen LogP contribution in [-0.4, -0.2) is 22.9 Å². The molecule has 0 saturated heterocycles. The van der Waals surface area contributed by atoms with Crippen molar-refractivity contribution in [1.29, 1.82) is 0 Å². The number of nitrogens with zero attached hydrogens (tertiary/aromatic N) is 2. The lowest BCUT2D eigenvalue weighted by molar-refractivity contribution is 0.275. The first kappa shape index (κ1) is 15.4. The highest BCUT2D eigenvalue weighted by molar-refractivity contribution is 5.43. The van der Waals surface area contributed by atoms with Gasteiger partial charge >= 0.3 is 0 Å². The van der Waals surface area contributed by atoms with Gasteiger partial charge in [0.15, 0.2) is 11.5 Å². The Bertz CT molecular complexity index is 606. The van der Waals surface area contributed by atoms with Crippen LogP contribution in [0.15, 0.2) is 24.3 Å². The molecule has 1 heterocycles. The van der Waals surface area contributed by atoms with Crippen molar-refractivity contribution in [2.45, 2.75) is 32.9 Å². The fourth-order valence-electron chi connectivity index (χ4n) is 2.28. The van der Waals surface area contributed by atoms with Gasteiger partial charge in [-0.2, -0.15) is 5.10 Å². The normalized spacial score (nSPS) is 12.2. The van der Waals surface area contributed by atoms with Gasteiger partial charge in [0, 0.05) is 13.1 Å². The van der Waals surface area contributed by atoms with Crippen LogP contribution in [0.3, 0.4) is 0 Å². The Balaban J connectivity index is 2.10. The third-order valence-corrected chi connectivity index (χ3v) is 3.26. The van der Waals surface area contributed by atoms with Crippen LogP contribution in [0.25, 0.3) is 0 Å². The van der Waals surface area contributed by atoms with E-state index in [-0.39, 0.29) is 6.04 Å². The third kappa shape index (κ3) is 3.98. The minimum Gasteiger partial charge on any atom is -0.493 e. The maximum atomic E-state index is 5.85. The molecule has 5 nitrogen and oxygen atoms in total. The van der Waals surface area contributed by atoms with E-state index in [9.17, 15) is 0 Å². The third-order valence-electron chi connectivity index (χ3n) is 3.26. The molecule has 1 unspecified atom stereocenters. The monoisotopic (exact) mass is 289 g/mol. The van der Waals surface area contributed by atoms with Gasteiger partial charge in [0.2, 0.25) is 0 Å². The van der Waals surface area contributed by atoms with E-state index in [1.807, 2.05) is 49.8 Å². The molecule has 1 aromatic carbocycles. The van der Waals surface area contributed by atoms with Crippen LogP contribution in [0.5, 0.6) is 11.5 Å². The van der Waals surface area contributed by atoms with E-state index in [1.165, 1.54) is 0 Å². The number of aromatic nitrogens is 2. The van der Waals surface area contributed by atoms with Crippen molar-refractivity contribution < 1.29 is 9.47 Å². The molecule has 1 aromatic heterocycles. The summed E-state index contributed by atoms with van der Waals surface area (Å²) in [4.78, 5) is 0. The Hall–Kier alpha value is -2.01. The summed E-state index contributed by atoms with van der Waals surface area (Å²) in [5.41, 5.74) is 8.97. The Morgan fingerprint density at radius 3 is 2.62 bits per heavy atom. The van der Waals surface area contributed by atoms with Crippen molar-refractivity contribution in [2.24, 2.45) is 12.8 Å². The Labute approximate surface area is 125 Å². The fourth-order valence-corrected chi connectivity index (χ4v) is 2.28. The van der Waals surface area contributed by atoms with Crippen molar-refractivity contribution >= 4 is 0 Å². The van der Waals surface area contributed by atoms with Gasteiger partial charge in [0.25, 0.3) is 0 Å². The molecule has 0 fully saturated rings. The van der Waals surface area contributed by atoms with Crippen molar-refractivity contribution in [1.82, 2.24) is 9.78 Å². The zero-order valence-electron chi connectivity index (χ0n) is 13.1. The summed E-state index contributed by atoms with van der Waals surface area (Å²) in [6.45, 7) is 4.41. The van der Waals surface area contributed by atoms with E-state index < -0.39 is 0 Å². The van der Waals surface area contributed by atoms with Crippen LogP contribution in [0.4, 0.5) is 0 Å². The molecule has 2 rings (SSSR count). The number of hydrogen-bond acceptors (Lipinski definition) is 4. The summed E-state index contributed by atoms with van der Waals surface area (Å²) in [5.74, 6) is 1.46. The first-order chi connectivity index (χ1) is 9.99. The van der Waals surface area contributed by atoms with Gasteiger partial charge in [-0.05, 0) is 44.0 Å². The number of aryl methyl sites for hydroxylation is 2. The second-order valence-electron chi connectivity index (χ2n) is 5.36. The van der Waals surface area contributed by atoms with Gasteiger partial charge < -0.3 is 15.2 Å². The number of benzene rings is 1. The number of rotatable bonds is 6. The van der Waals surface area contributed by atoms with Gasteiger partial charge in [-0.25, -0.2) is 0 Å². The zero-order valence-corrected chi connectivity index (χ0v) is 13.1. The second-order valence-corrected chi connectivity index (χ2v) is 5.36. The largest absolute Gasteiger partial charge is 0.493 e. The summed E-state index contributed by atoms with van der Waals surface area (Å²) in [6.07, 6.45) is 0.817. The summed E-state index contributed by atoms with van der Waals surface area (Å²) in [5, 5.41) is 4.30. The molecule has 0 aliphatic carbocycles. The van der Waals surface area contributed by atoms with E-state index in [0.29, 0.717) is 6.61 Å². The predicted octanol–water partition coefficient (Wildman–Crippen LogP) is 2.21. The SMILES string of the molecule is COc1cc(CC(C)N)ccc1OCc1cc(C)nn1C. The zero-order chi connectivity index (χ0) is 15.4. The first-order valence-electron chi connectivity index (χ1n) is 7.04. The van der Waals surface area contributed by atoms with Gasteiger partial charge in [-0.15, -0.1) is 0 Å². The quantitative estimate of drug-likeness (QED) is 0.885. The molecule has 21 heavy (non-hydrogen) atoms. The number of hydrogen-bond donors (Lipinski definition) is 1. The molecule has 0 radical (unpaired) electrons. The van der Waals surface area contributed by atoms with Crippen molar-refractivity contribution in [3.63, 3.8) is 0 Å². The highest BCUT2D eigenvalue weighted by atomic mass is 16.5. The van der Waals surface area contributed by atoms with Crippen LogP contribution in [0.1, 0.15) is 23.9 Å². The molecule has 0 aliphatic heterocycles. The van der Waals surface area contributed by atoms with E-state index in [1.54, 1.807) is 7.11 Å². The predicted molar refractivity (Wildman–Crippen MR) is 82.6 cm³/mol. The van der Waals surface area contributed by atoms with E-state index in [2.05, 4.69) is 5.10 Å². The molecule has 0 saturated carbocycles. The average molecular weight is 289 g/mol. The molecule has 0 aliphatic rings. The van der Waals surface area contributed by atoms with Gasteiger partial charge in [0.05, 0.1) is 18.5 Å². The molecule has 2 aromatic rings. The lowest BCUT2D eigenvalue weighted by Crippen LogP contribution is -2.17. The standard InChI is InChI=1S/C16H23N3O2/c1-11(17)7-13-5-6-15(16(9-13)20-4)21-10-14-8-12(2)18-19(14)3/h5-6,8-9,11H,7,10,17H2,1-4H3. The smallest absolute Gasteiger partial charge is 0.161 e. The molecule has 1 atom stereocenters. The van der Waals surface area contributed by atoms with Crippen LogP contribution < -0.4 is 15.2 Å². The van der Waals surface area contributed by atoms with Crippen LogP contribution in [-0.2, 0) is 20.1 Å². The highest BCUT2D eigenvalue weighted by Crippen LogP contribution is 2.29. The van der Waals surface area contributed by atoms with Crippen LogP contribution in [0.2, 0.25) is 0 Å². The number of nitrogens with two attached hydrogens (primary N) is 1. The lowest BCUT2D eigenvalue weighted by Gasteiger charge is -2.13. The van der Waals surface area contributed by atoms with Gasteiger partial charge in [0.1, 0.15) is 6.61 Å². The fraction of sp³-hybridized carbons (Fsp3) is 0.438.